The van der Waals surface area contributed by atoms with Gasteiger partial charge in [-0.2, -0.15) is 0 Å². The molecule has 1 aromatic rings. The van der Waals surface area contributed by atoms with Crippen LogP contribution in [0.15, 0.2) is 24.3 Å². The standard InChI is InChI=1S/C15H24N2O/c1-12-5-7-13(8-6-12)17-11-15(4,18)10-16-9-14(17,2)3/h5-8,16,18H,9-11H2,1-4H3. The molecule has 0 bridgehead atoms. The van der Waals surface area contributed by atoms with Gasteiger partial charge in [-0.05, 0) is 39.8 Å². The highest BCUT2D eigenvalue weighted by Crippen LogP contribution is 2.28. The highest BCUT2D eigenvalue weighted by molar-refractivity contribution is 5.50. The lowest BCUT2D eigenvalue weighted by molar-refractivity contribution is 0.0720. The van der Waals surface area contributed by atoms with Gasteiger partial charge in [0.25, 0.3) is 0 Å². The van der Waals surface area contributed by atoms with Gasteiger partial charge in [0.15, 0.2) is 0 Å². The number of nitrogens with one attached hydrogen (secondary N) is 1. The Morgan fingerprint density at radius 1 is 1.11 bits per heavy atom. The van der Waals surface area contributed by atoms with Crippen molar-refractivity contribution in [3.8, 4) is 0 Å². The number of benzene rings is 1. The zero-order valence-electron chi connectivity index (χ0n) is 11.8. The fourth-order valence-corrected chi connectivity index (χ4v) is 2.51. The molecule has 0 spiro atoms. The number of β-amino-alcohol motifs (C(OH)–C–C–N with tert-alkyl or cyclic N) is 1. The average molecular weight is 248 g/mol. The molecule has 0 radical (unpaired) electrons. The molecule has 0 aromatic heterocycles. The van der Waals surface area contributed by atoms with Gasteiger partial charge in [-0.25, -0.2) is 0 Å². The van der Waals surface area contributed by atoms with Crippen LogP contribution in [0.2, 0.25) is 0 Å². The minimum Gasteiger partial charge on any atom is -0.387 e. The monoisotopic (exact) mass is 248 g/mol. The number of aryl methyl sites for hydroxylation is 1. The van der Waals surface area contributed by atoms with Gasteiger partial charge >= 0.3 is 0 Å². The summed E-state index contributed by atoms with van der Waals surface area (Å²) in [6.07, 6.45) is 0. The zero-order chi connectivity index (χ0) is 13.4. The van der Waals surface area contributed by atoms with Crippen molar-refractivity contribution in [2.75, 3.05) is 24.5 Å². The van der Waals surface area contributed by atoms with Crippen LogP contribution in [-0.2, 0) is 0 Å². The van der Waals surface area contributed by atoms with E-state index in [4.69, 9.17) is 0 Å². The topological polar surface area (TPSA) is 35.5 Å². The molecule has 18 heavy (non-hydrogen) atoms. The normalized spacial score (nSPS) is 27.9. The Hall–Kier alpha value is -1.06. The molecule has 0 saturated carbocycles. The molecule has 1 fully saturated rings. The molecule has 1 aromatic carbocycles. The number of hydrogen-bond donors (Lipinski definition) is 2. The van der Waals surface area contributed by atoms with Crippen molar-refractivity contribution >= 4 is 5.69 Å². The maximum atomic E-state index is 10.4. The van der Waals surface area contributed by atoms with Crippen LogP contribution >= 0.6 is 0 Å². The molecule has 1 saturated heterocycles. The van der Waals surface area contributed by atoms with E-state index in [1.165, 1.54) is 11.3 Å². The summed E-state index contributed by atoms with van der Waals surface area (Å²) in [6, 6.07) is 8.52. The summed E-state index contributed by atoms with van der Waals surface area (Å²) in [6.45, 7) is 10.6. The van der Waals surface area contributed by atoms with Crippen LogP contribution in [0.25, 0.3) is 0 Å². The van der Waals surface area contributed by atoms with Crippen LogP contribution in [0.5, 0.6) is 0 Å². The van der Waals surface area contributed by atoms with E-state index in [0.717, 1.165) is 6.54 Å². The third-order valence-corrected chi connectivity index (χ3v) is 3.64. The molecule has 1 heterocycles. The molecule has 3 nitrogen and oxygen atoms in total. The van der Waals surface area contributed by atoms with E-state index in [9.17, 15) is 5.11 Å². The van der Waals surface area contributed by atoms with Crippen LogP contribution in [0.1, 0.15) is 26.3 Å². The van der Waals surface area contributed by atoms with Gasteiger partial charge in [0.2, 0.25) is 0 Å². The fourth-order valence-electron chi connectivity index (χ4n) is 2.51. The second-order valence-corrected chi connectivity index (χ2v) is 6.33. The minimum absolute atomic E-state index is 0.00422. The Balaban J connectivity index is 2.34. The maximum Gasteiger partial charge on any atom is 0.0917 e. The predicted octanol–water partition coefficient (Wildman–Crippen LogP) is 1.93. The quantitative estimate of drug-likeness (QED) is 0.797. The highest BCUT2D eigenvalue weighted by Gasteiger charge is 2.36. The van der Waals surface area contributed by atoms with E-state index >= 15 is 0 Å². The molecular weight excluding hydrogens is 224 g/mol. The molecule has 2 N–H and O–H groups in total. The van der Waals surface area contributed by atoms with Crippen molar-refractivity contribution in [2.24, 2.45) is 0 Å². The van der Waals surface area contributed by atoms with Gasteiger partial charge in [-0.15, -0.1) is 0 Å². The zero-order valence-corrected chi connectivity index (χ0v) is 11.8. The smallest absolute Gasteiger partial charge is 0.0917 e. The first-order valence-corrected chi connectivity index (χ1v) is 6.58. The van der Waals surface area contributed by atoms with E-state index in [1.807, 2.05) is 6.92 Å². The number of anilines is 1. The van der Waals surface area contributed by atoms with Gasteiger partial charge in [0, 0.05) is 30.9 Å². The minimum atomic E-state index is -0.696. The molecule has 1 aliphatic heterocycles. The first-order chi connectivity index (χ1) is 8.30. The van der Waals surface area contributed by atoms with Crippen LogP contribution < -0.4 is 10.2 Å². The third kappa shape index (κ3) is 2.85. The van der Waals surface area contributed by atoms with Crippen LogP contribution in [-0.4, -0.2) is 35.9 Å². The number of hydrogen-bond acceptors (Lipinski definition) is 3. The molecule has 0 amide bonds. The van der Waals surface area contributed by atoms with Gasteiger partial charge < -0.3 is 15.3 Å². The van der Waals surface area contributed by atoms with Crippen molar-refractivity contribution in [1.82, 2.24) is 5.32 Å². The highest BCUT2D eigenvalue weighted by atomic mass is 16.3. The van der Waals surface area contributed by atoms with E-state index < -0.39 is 5.60 Å². The van der Waals surface area contributed by atoms with E-state index in [1.54, 1.807) is 0 Å². The van der Waals surface area contributed by atoms with Crippen LogP contribution in [0.4, 0.5) is 5.69 Å². The summed E-state index contributed by atoms with van der Waals surface area (Å²) in [5, 5.41) is 13.7. The van der Waals surface area contributed by atoms with Crippen molar-refractivity contribution in [1.29, 1.82) is 0 Å². The summed E-state index contributed by atoms with van der Waals surface area (Å²) < 4.78 is 0. The van der Waals surface area contributed by atoms with Crippen molar-refractivity contribution in [2.45, 2.75) is 38.8 Å². The molecule has 100 valence electrons. The third-order valence-electron chi connectivity index (χ3n) is 3.64. The van der Waals surface area contributed by atoms with E-state index in [2.05, 4.69) is 55.3 Å². The SMILES string of the molecule is Cc1ccc(N2CC(C)(O)CNCC2(C)C)cc1. The molecule has 0 aliphatic carbocycles. The maximum absolute atomic E-state index is 10.4. The predicted molar refractivity (Wildman–Crippen MR) is 76.1 cm³/mol. The summed E-state index contributed by atoms with van der Waals surface area (Å²) >= 11 is 0. The van der Waals surface area contributed by atoms with Gasteiger partial charge in [0.05, 0.1) is 5.60 Å². The van der Waals surface area contributed by atoms with Crippen molar-refractivity contribution in [3.05, 3.63) is 29.8 Å². The van der Waals surface area contributed by atoms with Gasteiger partial charge in [0.1, 0.15) is 0 Å². The van der Waals surface area contributed by atoms with Crippen LogP contribution in [0, 0.1) is 6.92 Å². The second kappa shape index (κ2) is 4.56. The molecule has 1 unspecified atom stereocenters. The first kappa shape index (κ1) is 13.4. The number of aliphatic hydroxyl groups is 1. The van der Waals surface area contributed by atoms with E-state index in [-0.39, 0.29) is 5.54 Å². The summed E-state index contributed by atoms with van der Waals surface area (Å²) in [5.74, 6) is 0. The number of rotatable bonds is 1. The molecular formula is C15H24N2O. The molecule has 1 aliphatic rings. The lowest BCUT2D eigenvalue weighted by Crippen LogP contribution is -2.51. The summed E-state index contributed by atoms with van der Waals surface area (Å²) in [5.41, 5.74) is 1.74. The fraction of sp³-hybridized carbons (Fsp3) is 0.600. The largest absolute Gasteiger partial charge is 0.387 e. The van der Waals surface area contributed by atoms with Crippen LogP contribution in [0.3, 0.4) is 0 Å². The molecule has 2 rings (SSSR count). The average Bonchev–Trinajstić information content (AvgIpc) is 2.36. The first-order valence-electron chi connectivity index (χ1n) is 6.58. The lowest BCUT2D eigenvalue weighted by Gasteiger charge is -2.41. The van der Waals surface area contributed by atoms with Crippen molar-refractivity contribution < 1.29 is 5.11 Å². The van der Waals surface area contributed by atoms with E-state index in [0.29, 0.717) is 13.1 Å². The molecule has 1 atom stereocenters. The number of nitrogens with zero attached hydrogens (tertiary/aromatic N) is 1. The lowest BCUT2D eigenvalue weighted by atomic mass is 9.99. The Bertz CT molecular complexity index is 409. The Morgan fingerprint density at radius 3 is 2.33 bits per heavy atom. The Labute approximate surface area is 110 Å². The van der Waals surface area contributed by atoms with Gasteiger partial charge in [-0.1, -0.05) is 17.7 Å². The Morgan fingerprint density at radius 2 is 1.72 bits per heavy atom. The summed E-state index contributed by atoms with van der Waals surface area (Å²) in [7, 11) is 0. The second-order valence-electron chi connectivity index (χ2n) is 6.33. The molecule has 3 heteroatoms. The summed E-state index contributed by atoms with van der Waals surface area (Å²) in [4.78, 5) is 2.30. The Kier molecular flexibility index (Phi) is 3.39. The van der Waals surface area contributed by atoms with Gasteiger partial charge in [-0.3, -0.25) is 0 Å². The van der Waals surface area contributed by atoms with Crippen molar-refractivity contribution in [3.63, 3.8) is 0 Å².